The Hall–Kier alpha value is -2.38. The third-order valence-electron chi connectivity index (χ3n) is 6.69. The Morgan fingerprint density at radius 3 is 2.82 bits per heavy atom. The zero-order chi connectivity index (χ0) is 19.3. The van der Waals surface area contributed by atoms with E-state index in [0.717, 1.165) is 55.9 Å². The summed E-state index contributed by atoms with van der Waals surface area (Å²) in [7, 11) is 0. The average molecular weight is 383 g/mol. The van der Waals surface area contributed by atoms with E-state index in [1.165, 1.54) is 10.5 Å². The Kier molecular flexibility index (Phi) is 4.17. The van der Waals surface area contributed by atoms with Crippen LogP contribution in [0.3, 0.4) is 0 Å². The number of nitrogens with one attached hydrogen (secondary N) is 2. The average Bonchev–Trinajstić information content (AvgIpc) is 3.11. The highest BCUT2D eigenvalue weighted by Crippen LogP contribution is 2.41. The minimum absolute atomic E-state index is 0.0345. The van der Waals surface area contributed by atoms with Gasteiger partial charge in [-0.3, -0.25) is 9.59 Å². The van der Waals surface area contributed by atoms with Gasteiger partial charge in [-0.05, 0) is 25.0 Å². The third kappa shape index (κ3) is 2.57. The zero-order valence-corrected chi connectivity index (χ0v) is 16.3. The molecule has 3 aliphatic heterocycles. The maximum Gasteiger partial charge on any atom is 0.255 e. The van der Waals surface area contributed by atoms with Gasteiger partial charge in [0, 0.05) is 17.4 Å². The lowest BCUT2D eigenvalue weighted by atomic mass is 9.83. The number of amides is 2. The van der Waals surface area contributed by atoms with Crippen LogP contribution in [0, 0.1) is 0 Å². The summed E-state index contributed by atoms with van der Waals surface area (Å²) in [5.74, 6) is 0.0793. The Labute approximate surface area is 164 Å². The number of para-hydroxylation sites is 1. The van der Waals surface area contributed by atoms with E-state index in [2.05, 4.69) is 11.1 Å². The molecule has 0 bridgehead atoms. The number of morpholine rings is 1. The van der Waals surface area contributed by atoms with Crippen LogP contribution in [-0.2, 0) is 26.3 Å². The molecule has 0 saturated carbocycles. The van der Waals surface area contributed by atoms with Crippen LogP contribution >= 0.6 is 0 Å². The van der Waals surface area contributed by atoms with Crippen LogP contribution in [0.25, 0.3) is 10.9 Å². The largest absolute Gasteiger partial charge is 0.370 e. The molecule has 2 amide bonds. The minimum Gasteiger partial charge on any atom is -0.370 e. The molecule has 28 heavy (non-hydrogen) atoms. The number of quaternary nitrogens is 1. The van der Waals surface area contributed by atoms with Crippen LogP contribution in [-0.4, -0.2) is 79.1 Å². The van der Waals surface area contributed by atoms with E-state index in [1.807, 2.05) is 25.1 Å². The standard InChI is InChI=1S/C21H26N4O3/c1-21-19-16(15-4-2-3-5-17(15)22-19)6-7-25(21)18(26)14-24(20(21)27)9-8-23-10-12-28-13-11-23/h2-5,22H,6-14H2,1H3/p+1/t21-/m1/s1. The van der Waals surface area contributed by atoms with Crippen LogP contribution in [0.4, 0.5) is 0 Å². The van der Waals surface area contributed by atoms with E-state index in [-0.39, 0.29) is 18.4 Å². The minimum atomic E-state index is -0.942. The number of hydrogen-bond donors (Lipinski definition) is 2. The second-order valence-corrected chi connectivity index (χ2v) is 8.23. The number of H-pyrrole nitrogens is 1. The number of piperazine rings is 1. The number of aromatic nitrogens is 1. The number of rotatable bonds is 3. The Balaban J connectivity index is 1.47. The van der Waals surface area contributed by atoms with Gasteiger partial charge in [-0.2, -0.15) is 0 Å². The molecule has 4 heterocycles. The van der Waals surface area contributed by atoms with Gasteiger partial charge < -0.3 is 24.4 Å². The maximum absolute atomic E-state index is 13.6. The van der Waals surface area contributed by atoms with Crippen molar-refractivity contribution < 1.29 is 19.2 Å². The van der Waals surface area contributed by atoms with E-state index >= 15 is 0 Å². The van der Waals surface area contributed by atoms with Crippen molar-refractivity contribution in [2.75, 3.05) is 52.5 Å². The molecule has 7 heteroatoms. The maximum atomic E-state index is 13.6. The fourth-order valence-electron chi connectivity index (χ4n) is 5.07. The molecule has 1 aromatic carbocycles. The fraction of sp³-hybridized carbons (Fsp3) is 0.524. The van der Waals surface area contributed by atoms with Crippen molar-refractivity contribution in [3.63, 3.8) is 0 Å². The van der Waals surface area contributed by atoms with Crippen molar-refractivity contribution in [2.24, 2.45) is 0 Å². The topological polar surface area (TPSA) is 70.1 Å². The number of carbonyl (C=O) groups excluding carboxylic acids is 2. The first-order valence-electron chi connectivity index (χ1n) is 10.2. The van der Waals surface area contributed by atoms with Gasteiger partial charge in [0.05, 0.1) is 32.0 Å². The molecule has 2 saturated heterocycles. The van der Waals surface area contributed by atoms with E-state index < -0.39 is 5.54 Å². The third-order valence-corrected chi connectivity index (χ3v) is 6.69. The molecule has 2 aromatic rings. The first kappa shape index (κ1) is 17.7. The number of ether oxygens (including phenoxy) is 1. The predicted molar refractivity (Wildman–Crippen MR) is 104 cm³/mol. The lowest BCUT2D eigenvalue weighted by Crippen LogP contribution is -3.14. The summed E-state index contributed by atoms with van der Waals surface area (Å²) in [6.45, 7) is 7.63. The summed E-state index contributed by atoms with van der Waals surface area (Å²) in [5.41, 5.74) is 2.16. The summed E-state index contributed by atoms with van der Waals surface area (Å²) in [5, 5.41) is 1.16. The van der Waals surface area contributed by atoms with Gasteiger partial charge in [-0.15, -0.1) is 0 Å². The van der Waals surface area contributed by atoms with E-state index in [9.17, 15) is 9.59 Å². The van der Waals surface area contributed by atoms with Gasteiger partial charge in [0.2, 0.25) is 5.91 Å². The summed E-state index contributed by atoms with van der Waals surface area (Å²) in [6.07, 6.45) is 0.784. The molecule has 1 atom stereocenters. The normalized spacial score (nSPS) is 25.9. The monoisotopic (exact) mass is 383 g/mol. The van der Waals surface area contributed by atoms with Gasteiger partial charge in [0.25, 0.3) is 5.91 Å². The van der Waals surface area contributed by atoms with E-state index in [4.69, 9.17) is 4.74 Å². The molecular weight excluding hydrogens is 356 g/mol. The first-order valence-corrected chi connectivity index (χ1v) is 10.2. The van der Waals surface area contributed by atoms with Crippen LogP contribution in [0.5, 0.6) is 0 Å². The van der Waals surface area contributed by atoms with Gasteiger partial charge >= 0.3 is 0 Å². The highest BCUT2D eigenvalue weighted by atomic mass is 16.5. The molecule has 0 spiro atoms. The summed E-state index contributed by atoms with van der Waals surface area (Å²) in [6, 6.07) is 8.15. The number of hydrogen-bond acceptors (Lipinski definition) is 3. The molecule has 0 unspecified atom stereocenters. The molecule has 148 valence electrons. The molecular formula is C21H27N4O3+. The van der Waals surface area contributed by atoms with Crippen molar-refractivity contribution in [1.82, 2.24) is 14.8 Å². The molecule has 0 aliphatic carbocycles. The van der Waals surface area contributed by atoms with Crippen molar-refractivity contribution >= 4 is 22.7 Å². The van der Waals surface area contributed by atoms with Crippen molar-refractivity contribution in [1.29, 1.82) is 0 Å². The summed E-state index contributed by atoms with van der Waals surface area (Å²) >= 11 is 0. The quantitative estimate of drug-likeness (QED) is 0.753. The Morgan fingerprint density at radius 2 is 2.00 bits per heavy atom. The highest BCUT2D eigenvalue weighted by Gasteiger charge is 2.54. The smallest absolute Gasteiger partial charge is 0.255 e. The van der Waals surface area contributed by atoms with E-state index in [0.29, 0.717) is 13.1 Å². The molecule has 0 radical (unpaired) electrons. The molecule has 5 rings (SSSR count). The number of benzene rings is 1. The van der Waals surface area contributed by atoms with Gasteiger partial charge in [-0.1, -0.05) is 18.2 Å². The van der Waals surface area contributed by atoms with Crippen molar-refractivity contribution in [2.45, 2.75) is 18.9 Å². The second kappa shape index (κ2) is 6.60. The van der Waals surface area contributed by atoms with Gasteiger partial charge in [0.1, 0.15) is 19.6 Å². The molecule has 1 aromatic heterocycles. The fourth-order valence-corrected chi connectivity index (χ4v) is 5.07. The summed E-state index contributed by atoms with van der Waals surface area (Å²) in [4.78, 5) is 35.0. The summed E-state index contributed by atoms with van der Waals surface area (Å²) < 4.78 is 5.42. The number of carbonyl (C=O) groups is 2. The van der Waals surface area contributed by atoms with Crippen LogP contribution in [0.2, 0.25) is 0 Å². The number of fused-ring (bicyclic) bond motifs is 5. The SMILES string of the molecule is C[C@@]12C(=O)N(CC[NH+]3CCOCC3)CC(=O)N1CCc1c2[nH]c2ccccc12. The van der Waals surface area contributed by atoms with Crippen molar-refractivity contribution in [3.8, 4) is 0 Å². The van der Waals surface area contributed by atoms with Crippen LogP contribution in [0.1, 0.15) is 18.2 Å². The number of nitrogens with zero attached hydrogens (tertiary/aromatic N) is 2. The molecule has 2 fully saturated rings. The van der Waals surface area contributed by atoms with Crippen LogP contribution in [0.15, 0.2) is 24.3 Å². The second-order valence-electron chi connectivity index (χ2n) is 8.23. The molecule has 2 N–H and O–H groups in total. The van der Waals surface area contributed by atoms with Gasteiger partial charge in [0.15, 0.2) is 5.54 Å². The zero-order valence-electron chi connectivity index (χ0n) is 16.3. The van der Waals surface area contributed by atoms with E-state index in [1.54, 1.807) is 9.80 Å². The van der Waals surface area contributed by atoms with Gasteiger partial charge in [-0.25, -0.2) is 0 Å². The van der Waals surface area contributed by atoms with Crippen molar-refractivity contribution in [3.05, 3.63) is 35.5 Å². The highest BCUT2D eigenvalue weighted by molar-refractivity contribution is 6.00. The lowest BCUT2D eigenvalue weighted by Gasteiger charge is -2.49. The Morgan fingerprint density at radius 1 is 1.21 bits per heavy atom. The first-order chi connectivity index (χ1) is 13.6. The number of aromatic amines is 1. The molecule has 3 aliphatic rings. The Bertz CT molecular complexity index is 933. The predicted octanol–water partition coefficient (Wildman–Crippen LogP) is -0.475. The molecule has 7 nitrogen and oxygen atoms in total. The van der Waals surface area contributed by atoms with Crippen LogP contribution < -0.4 is 4.90 Å². The lowest BCUT2D eigenvalue weighted by molar-refractivity contribution is -0.907.